The molecule has 0 unspecified atom stereocenters. The lowest BCUT2D eigenvalue weighted by molar-refractivity contribution is -0.116. The Hall–Kier alpha value is -2.14. The molecule has 0 atom stereocenters. The Labute approximate surface area is 131 Å². The van der Waals surface area contributed by atoms with Crippen LogP contribution < -0.4 is 5.32 Å². The van der Waals surface area contributed by atoms with E-state index in [1.807, 2.05) is 50.1 Å². The molecule has 0 radical (unpaired) electrons. The zero-order valence-electron chi connectivity index (χ0n) is 13.4. The van der Waals surface area contributed by atoms with Crippen molar-refractivity contribution in [3.05, 3.63) is 42.5 Å². The van der Waals surface area contributed by atoms with Crippen LogP contribution in [0, 0.1) is 0 Å². The molecule has 1 aromatic carbocycles. The lowest BCUT2D eigenvalue weighted by Crippen LogP contribution is -2.30. The number of aliphatic imine (C=N–C) groups is 1. The molecule has 1 N–H and O–H groups in total. The number of rotatable bonds is 6. The third-order valence-corrected chi connectivity index (χ3v) is 3.25. The third kappa shape index (κ3) is 4.18. The van der Waals surface area contributed by atoms with Crippen LogP contribution in [0.3, 0.4) is 0 Å². The van der Waals surface area contributed by atoms with Crippen molar-refractivity contribution in [3.8, 4) is 0 Å². The van der Waals surface area contributed by atoms with E-state index in [4.69, 9.17) is 4.74 Å². The second-order valence-electron chi connectivity index (χ2n) is 6.10. The summed E-state index contributed by atoms with van der Waals surface area (Å²) in [6, 6.07) is 7.56. The molecule has 2 rings (SSSR count). The van der Waals surface area contributed by atoms with Crippen LogP contribution in [0.15, 0.2) is 41.9 Å². The van der Waals surface area contributed by atoms with E-state index in [0.717, 1.165) is 11.3 Å². The molecule has 5 heteroatoms. The van der Waals surface area contributed by atoms with E-state index in [1.54, 1.807) is 6.08 Å². The fraction of sp³-hybridized carbons (Fsp3) is 0.412. The first-order valence-corrected chi connectivity index (χ1v) is 7.32. The van der Waals surface area contributed by atoms with E-state index in [1.165, 1.54) is 0 Å². The van der Waals surface area contributed by atoms with Crippen molar-refractivity contribution in [2.24, 2.45) is 4.99 Å². The minimum Gasteiger partial charge on any atom is -0.475 e. The van der Waals surface area contributed by atoms with Crippen molar-refractivity contribution < 1.29 is 9.53 Å². The molecule has 0 saturated carbocycles. The van der Waals surface area contributed by atoms with Gasteiger partial charge in [-0.15, -0.1) is 6.58 Å². The Kier molecular flexibility index (Phi) is 4.98. The number of benzene rings is 1. The normalized spacial score (nSPS) is 16.1. The molecule has 0 fully saturated rings. The van der Waals surface area contributed by atoms with Crippen LogP contribution in [0.2, 0.25) is 0 Å². The molecule has 118 valence electrons. The van der Waals surface area contributed by atoms with Crippen molar-refractivity contribution in [1.82, 2.24) is 4.90 Å². The predicted octanol–water partition coefficient (Wildman–Crippen LogP) is 2.30. The van der Waals surface area contributed by atoms with Gasteiger partial charge in [-0.3, -0.25) is 9.69 Å². The van der Waals surface area contributed by atoms with Gasteiger partial charge in [0.05, 0.1) is 23.3 Å². The molecule has 0 saturated heterocycles. The Morgan fingerprint density at radius 1 is 1.50 bits per heavy atom. The van der Waals surface area contributed by atoms with Gasteiger partial charge in [0.2, 0.25) is 11.8 Å². The highest BCUT2D eigenvalue weighted by Gasteiger charge is 2.28. The van der Waals surface area contributed by atoms with Gasteiger partial charge in [-0.1, -0.05) is 18.2 Å². The van der Waals surface area contributed by atoms with E-state index in [9.17, 15) is 4.79 Å². The predicted molar refractivity (Wildman–Crippen MR) is 89.3 cm³/mol. The number of amides is 1. The largest absolute Gasteiger partial charge is 0.475 e. The van der Waals surface area contributed by atoms with Gasteiger partial charge in [0.1, 0.15) is 6.61 Å². The zero-order valence-corrected chi connectivity index (χ0v) is 13.4. The smallest absolute Gasteiger partial charge is 0.238 e. The number of anilines is 1. The number of hydrogen-bond acceptors (Lipinski definition) is 4. The van der Waals surface area contributed by atoms with Gasteiger partial charge in [-0.25, -0.2) is 4.99 Å². The van der Waals surface area contributed by atoms with Crippen LogP contribution in [-0.4, -0.2) is 49.0 Å². The Morgan fingerprint density at radius 2 is 2.23 bits per heavy atom. The lowest BCUT2D eigenvalue weighted by atomic mass is 10.1. The van der Waals surface area contributed by atoms with Gasteiger partial charge in [0.25, 0.3) is 0 Å². The quantitative estimate of drug-likeness (QED) is 0.820. The summed E-state index contributed by atoms with van der Waals surface area (Å²) in [5.74, 6) is 0.509. The lowest BCUT2D eigenvalue weighted by Gasteiger charge is -2.15. The number of nitrogens with zero attached hydrogens (tertiary/aromatic N) is 2. The van der Waals surface area contributed by atoms with Gasteiger partial charge in [-0.2, -0.15) is 0 Å². The highest BCUT2D eigenvalue weighted by molar-refractivity contribution is 6.04. The summed E-state index contributed by atoms with van der Waals surface area (Å²) in [6.07, 6.45) is 1.77. The summed E-state index contributed by atoms with van der Waals surface area (Å²) in [7, 11) is 1.87. The maximum absolute atomic E-state index is 12.1. The molecule has 1 aliphatic rings. The van der Waals surface area contributed by atoms with Gasteiger partial charge in [-0.05, 0) is 33.0 Å². The van der Waals surface area contributed by atoms with Crippen LogP contribution in [0.5, 0.6) is 0 Å². The Morgan fingerprint density at radius 3 is 2.86 bits per heavy atom. The summed E-state index contributed by atoms with van der Waals surface area (Å²) in [4.78, 5) is 18.6. The Balaban J connectivity index is 2.12. The van der Waals surface area contributed by atoms with Crippen molar-refractivity contribution in [1.29, 1.82) is 0 Å². The summed E-state index contributed by atoms with van der Waals surface area (Å²) >= 11 is 0. The summed E-state index contributed by atoms with van der Waals surface area (Å²) in [6.45, 7) is 9.22. The maximum Gasteiger partial charge on any atom is 0.238 e. The summed E-state index contributed by atoms with van der Waals surface area (Å²) in [5.41, 5.74) is 1.31. The van der Waals surface area contributed by atoms with Gasteiger partial charge >= 0.3 is 0 Å². The second kappa shape index (κ2) is 6.75. The number of carbonyl (C=O) groups is 1. The van der Waals surface area contributed by atoms with Crippen molar-refractivity contribution in [3.63, 3.8) is 0 Å². The maximum atomic E-state index is 12.1. The average molecular weight is 301 g/mol. The van der Waals surface area contributed by atoms with Crippen LogP contribution in [0.25, 0.3) is 0 Å². The molecule has 0 bridgehead atoms. The molecule has 0 aromatic heterocycles. The van der Waals surface area contributed by atoms with Crippen LogP contribution in [0.4, 0.5) is 5.69 Å². The van der Waals surface area contributed by atoms with Crippen LogP contribution in [0.1, 0.15) is 19.4 Å². The number of likely N-dealkylation sites (N-methyl/N-ethyl adjacent to an activating group) is 1. The summed E-state index contributed by atoms with van der Waals surface area (Å²) in [5, 5.41) is 2.93. The number of carbonyl (C=O) groups excluding carboxylic acids is 1. The van der Waals surface area contributed by atoms with E-state index >= 15 is 0 Å². The van der Waals surface area contributed by atoms with Crippen LogP contribution in [-0.2, 0) is 9.53 Å². The second-order valence-corrected chi connectivity index (χ2v) is 6.10. The fourth-order valence-electron chi connectivity index (χ4n) is 2.22. The van der Waals surface area contributed by atoms with Crippen molar-refractivity contribution in [2.45, 2.75) is 19.4 Å². The van der Waals surface area contributed by atoms with E-state index in [-0.39, 0.29) is 11.4 Å². The highest BCUT2D eigenvalue weighted by atomic mass is 16.5. The fourth-order valence-corrected chi connectivity index (χ4v) is 2.22. The molecule has 1 aliphatic heterocycles. The van der Waals surface area contributed by atoms with Crippen molar-refractivity contribution in [2.75, 3.05) is 32.1 Å². The van der Waals surface area contributed by atoms with E-state index in [0.29, 0.717) is 25.6 Å². The first kappa shape index (κ1) is 16.2. The first-order chi connectivity index (χ1) is 10.4. The topological polar surface area (TPSA) is 53.9 Å². The van der Waals surface area contributed by atoms with E-state index in [2.05, 4.69) is 16.9 Å². The van der Waals surface area contributed by atoms with Gasteiger partial charge < -0.3 is 10.1 Å². The van der Waals surface area contributed by atoms with E-state index < -0.39 is 0 Å². The molecule has 1 amide bonds. The Bertz CT molecular complexity index is 593. The number of nitrogens with one attached hydrogen (secondary N) is 1. The first-order valence-electron chi connectivity index (χ1n) is 7.32. The highest BCUT2D eigenvalue weighted by Crippen LogP contribution is 2.24. The number of hydrogen-bond donors (Lipinski definition) is 1. The summed E-state index contributed by atoms with van der Waals surface area (Å²) < 4.78 is 5.67. The van der Waals surface area contributed by atoms with Crippen LogP contribution >= 0.6 is 0 Å². The third-order valence-electron chi connectivity index (χ3n) is 3.25. The molecular formula is C17H23N3O2. The monoisotopic (exact) mass is 301 g/mol. The molecular weight excluding hydrogens is 278 g/mol. The molecule has 22 heavy (non-hydrogen) atoms. The van der Waals surface area contributed by atoms with Crippen molar-refractivity contribution >= 4 is 17.5 Å². The van der Waals surface area contributed by atoms with Gasteiger partial charge in [0, 0.05) is 6.54 Å². The number of para-hydroxylation sites is 1. The standard InChI is InChI=1S/C17H23N3O2/c1-5-10-20(4)11-15(21)18-14-9-7-6-8-13(14)16-19-17(2,3)12-22-16/h5-9H,1,10-12H2,2-4H3,(H,18,21). The molecule has 0 aliphatic carbocycles. The minimum absolute atomic E-state index is 0.0744. The zero-order chi connectivity index (χ0) is 16.2. The molecule has 0 spiro atoms. The number of ether oxygens (including phenoxy) is 1. The average Bonchev–Trinajstić information content (AvgIpc) is 2.79. The minimum atomic E-state index is -0.226. The molecule has 1 heterocycles. The molecule has 1 aromatic rings. The SMILES string of the molecule is C=CCN(C)CC(=O)Nc1ccccc1C1=NC(C)(C)CO1. The van der Waals surface area contributed by atoms with Gasteiger partial charge in [0.15, 0.2) is 0 Å². The molecule has 5 nitrogen and oxygen atoms in total.